The first kappa shape index (κ1) is 39.3. The molecule has 0 saturated carbocycles. The van der Waals surface area contributed by atoms with E-state index in [0.29, 0.717) is 22.8 Å². The van der Waals surface area contributed by atoms with Gasteiger partial charge in [-0.25, -0.2) is 9.59 Å². The van der Waals surface area contributed by atoms with Crippen molar-refractivity contribution in [1.82, 2.24) is 10.2 Å². The summed E-state index contributed by atoms with van der Waals surface area (Å²) in [4.78, 5) is 54.0. The standard InChI is InChI=1S/C36H49ClN2O11/c1-20-10-9-11-28(47-8)36(44)19-27(48-34(43)38-36)21(2)32-35(4,50-32)29(49-33(42)22(3)39(5)30(41)12-13-45-6)18-25(40)17-24-15-23(14-20)16-26(46-7)31(24)37/h9-11,15-16,21-22,27-29,32,44H,12-14,17-19H2,1-8H3,(H,38,43)/b11-9+,20-10+/t21-,22+,27+,28-,29+,32+,35+,36+/m1/s1. The Labute approximate surface area is 298 Å². The van der Waals surface area contributed by atoms with Gasteiger partial charge < -0.3 is 38.4 Å². The molecule has 0 spiro atoms. The number of allylic oxidation sites excluding steroid dienone is 3. The van der Waals surface area contributed by atoms with Crippen LogP contribution in [-0.4, -0.2) is 111 Å². The Hall–Kier alpha value is -3.49. The normalized spacial score (nSPS) is 32.3. The van der Waals surface area contributed by atoms with E-state index in [4.69, 9.17) is 40.0 Å². The second kappa shape index (κ2) is 16.2. The van der Waals surface area contributed by atoms with Crippen molar-refractivity contribution in [3.8, 4) is 5.75 Å². The molecule has 4 bridgehead atoms. The number of fused-ring (bicyclic) bond motifs is 5. The van der Waals surface area contributed by atoms with Crippen LogP contribution in [0, 0.1) is 5.92 Å². The molecule has 2 aliphatic heterocycles. The SMILES string of the molecule is COCCC(=O)N(C)[C@@H](C)C(=O)O[C@H]1CC(=O)Cc2cc(cc(OC)c2Cl)C/C(C)=C/C=C/[C@@H](OC)[C@@]2(O)C[C@H](OC(=O)N2)[C@@H](C)[C@@H]2O[C@@]12C. The third-order valence-electron chi connectivity index (χ3n) is 9.84. The number of alkyl carbamates (subject to hydrolysis) is 1. The van der Waals surface area contributed by atoms with Gasteiger partial charge in [0, 0.05) is 46.4 Å². The Bertz CT molecular complexity index is 1510. The van der Waals surface area contributed by atoms with Gasteiger partial charge in [0.05, 0.1) is 31.3 Å². The number of epoxide rings is 1. The molecular formula is C36H49ClN2O11. The second-order valence-corrected chi connectivity index (χ2v) is 13.9. The number of halogens is 1. The highest BCUT2D eigenvalue weighted by molar-refractivity contribution is 6.33. The van der Waals surface area contributed by atoms with E-state index in [2.05, 4.69) is 5.32 Å². The zero-order chi connectivity index (χ0) is 37.0. The van der Waals surface area contributed by atoms with Gasteiger partial charge in [0.25, 0.3) is 0 Å². The summed E-state index contributed by atoms with van der Waals surface area (Å²) in [6, 6.07) is 2.67. The van der Waals surface area contributed by atoms with Crippen molar-refractivity contribution >= 4 is 35.4 Å². The summed E-state index contributed by atoms with van der Waals surface area (Å²) in [6.45, 7) is 7.18. The number of carbonyl (C=O) groups excluding carboxylic acids is 4. The first-order valence-electron chi connectivity index (χ1n) is 16.6. The monoisotopic (exact) mass is 720 g/mol. The van der Waals surface area contributed by atoms with Crippen LogP contribution in [0.1, 0.15) is 58.1 Å². The second-order valence-electron chi connectivity index (χ2n) is 13.5. The van der Waals surface area contributed by atoms with E-state index in [1.807, 2.05) is 19.1 Å². The number of esters is 1. The van der Waals surface area contributed by atoms with Crippen molar-refractivity contribution in [3.63, 3.8) is 0 Å². The Morgan fingerprint density at radius 1 is 1.20 bits per heavy atom. The number of methoxy groups -OCH3 is 3. The minimum absolute atomic E-state index is 0.0414. The number of nitrogens with zero attached hydrogens (tertiary/aromatic N) is 1. The van der Waals surface area contributed by atoms with Crippen LogP contribution < -0.4 is 10.1 Å². The lowest BCUT2D eigenvalue weighted by atomic mass is 9.83. The minimum Gasteiger partial charge on any atom is -0.495 e. The van der Waals surface area contributed by atoms with E-state index in [1.54, 1.807) is 39.0 Å². The van der Waals surface area contributed by atoms with E-state index in [9.17, 15) is 24.3 Å². The highest BCUT2D eigenvalue weighted by Crippen LogP contribution is 2.49. The van der Waals surface area contributed by atoms with Gasteiger partial charge in [-0.2, -0.15) is 0 Å². The number of Topliss-reactive ketones (excluding diaryl/α,β-unsaturated/α-hetero) is 1. The summed E-state index contributed by atoms with van der Waals surface area (Å²) in [5.74, 6) is -1.41. The van der Waals surface area contributed by atoms with Crippen molar-refractivity contribution < 1.29 is 52.7 Å². The van der Waals surface area contributed by atoms with E-state index < -0.39 is 59.8 Å². The van der Waals surface area contributed by atoms with Crippen molar-refractivity contribution in [3.05, 3.63) is 52.1 Å². The van der Waals surface area contributed by atoms with Crippen LogP contribution in [0.5, 0.6) is 5.75 Å². The zero-order valence-corrected chi connectivity index (χ0v) is 30.7. The Morgan fingerprint density at radius 3 is 2.58 bits per heavy atom. The maximum atomic E-state index is 13.8. The van der Waals surface area contributed by atoms with Gasteiger partial charge in [0.2, 0.25) is 5.91 Å². The summed E-state index contributed by atoms with van der Waals surface area (Å²) in [7, 11) is 5.90. The highest BCUT2D eigenvalue weighted by atomic mass is 35.5. The average Bonchev–Trinajstić information content (AvgIpc) is 3.76. The maximum Gasteiger partial charge on any atom is 0.409 e. The van der Waals surface area contributed by atoms with Crippen molar-refractivity contribution in [2.45, 2.75) is 102 Å². The van der Waals surface area contributed by atoms with Crippen LogP contribution in [0.15, 0.2) is 35.9 Å². The molecule has 2 heterocycles. The Morgan fingerprint density at radius 2 is 1.92 bits per heavy atom. The first-order chi connectivity index (χ1) is 23.6. The number of likely N-dealkylation sites (N-methyl/N-ethyl adjacent to an activating group) is 1. The number of rotatable bonds is 8. The molecule has 2 saturated heterocycles. The molecule has 50 heavy (non-hydrogen) atoms. The van der Waals surface area contributed by atoms with Gasteiger partial charge in [-0.15, -0.1) is 0 Å². The fourth-order valence-electron chi connectivity index (χ4n) is 6.61. The van der Waals surface area contributed by atoms with Crippen LogP contribution in [0.4, 0.5) is 4.79 Å². The summed E-state index contributed by atoms with van der Waals surface area (Å²) in [6.07, 6.45) is 1.19. The fraction of sp³-hybridized carbons (Fsp3) is 0.611. The smallest absolute Gasteiger partial charge is 0.409 e. The molecule has 14 heteroatoms. The molecule has 0 radical (unpaired) electrons. The molecule has 1 aromatic rings. The molecule has 2 N–H and O–H groups in total. The van der Waals surface area contributed by atoms with Crippen LogP contribution in [0.25, 0.3) is 0 Å². The minimum atomic E-state index is -1.81. The summed E-state index contributed by atoms with van der Waals surface area (Å²) >= 11 is 6.68. The molecule has 4 rings (SSSR count). The van der Waals surface area contributed by atoms with Gasteiger partial charge in [0.1, 0.15) is 41.5 Å². The molecule has 8 atom stereocenters. The molecule has 1 aromatic carbocycles. The van der Waals surface area contributed by atoms with E-state index in [1.165, 1.54) is 33.3 Å². The molecule has 276 valence electrons. The highest BCUT2D eigenvalue weighted by Gasteiger charge is 2.64. The van der Waals surface area contributed by atoms with Gasteiger partial charge in [0.15, 0.2) is 5.72 Å². The number of ether oxygens (including phenoxy) is 6. The molecule has 1 aliphatic carbocycles. The number of carbonyl (C=O) groups is 4. The van der Waals surface area contributed by atoms with Gasteiger partial charge in [-0.05, 0) is 44.4 Å². The molecule has 3 aliphatic rings. The average molecular weight is 721 g/mol. The molecule has 13 nitrogen and oxygen atoms in total. The van der Waals surface area contributed by atoms with Crippen molar-refractivity contribution in [2.24, 2.45) is 5.92 Å². The number of amides is 2. The van der Waals surface area contributed by atoms with E-state index >= 15 is 0 Å². The maximum absolute atomic E-state index is 13.8. The van der Waals surface area contributed by atoms with Gasteiger partial charge >= 0.3 is 12.1 Å². The molecular weight excluding hydrogens is 672 g/mol. The predicted octanol–water partition coefficient (Wildman–Crippen LogP) is 3.70. The van der Waals surface area contributed by atoms with Crippen molar-refractivity contribution in [1.29, 1.82) is 0 Å². The van der Waals surface area contributed by atoms with Crippen LogP contribution in [0.3, 0.4) is 0 Å². The quantitative estimate of drug-likeness (QED) is 0.298. The van der Waals surface area contributed by atoms with E-state index in [-0.39, 0.29) is 44.0 Å². The first-order valence-corrected chi connectivity index (χ1v) is 17.0. The number of benzene rings is 1. The number of hydrogen-bond donors (Lipinski definition) is 2. The fourth-order valence-corrected chi connectivity index (χ4v) is 6.86. The van der Waals surface area contributed by atoms with Crippen molar-refractivity contribution in [2.75, 3.05) is 35.0 Å². The summed E-state index contributed by atoms with van der Waals surface area (Å²) in [5, 5.41) is 14.5. The van der Waals surface area contributed by atoms with Crippen LogP contribution in [-0.2, 0) is 50.9 Å². The molecule has 0 unspecified atom stereocenters. The Kier molecular flexibility index (Phi) is 12.8. The van der Waals surface area contributed by atoms with Crippen LogP contribution in [0.2, 0.25) is 5.02 Å². The number of hydrogen-bond acceptors (Lipinski definition) is 11. The molecule has 0 aromatic heterocycles. The van der Waals surface area contributed by atoms with Crippen LogP contribution >= 0.6 is 11.6 Å². The predicted molar refractivity (Wildman–Crippen MR) is 183 cm³/mol. The number of aliphatic hydroxyl groups is 1. The van der Waals surface area contributed by atoms with Gasteiger partial charge in [-0.1, -0.05) is 48.4 Å². The lowest BCUT2D eigenvalue weighted by molar-refractivity contribution is -0.162. The number of ketones is 1. The lowest BCUT2D eigenvalue weighted by Gasteiger charge is -2.42. The number of nitrogens with one attached hydrogen (secondary N) is 1. The summed E-state index contributed by atoms with van der Waals surface area (Å²) in [5.41, 5.74) is -0.645. The van der Waals surface area contributed by atoms with E-state index in [0.717, 1.165) is 11.1 Å². The van der Waals surface area contributed by atoms with Gasteiger partial charge in [-0.3, -0.25) is 14.9 Å². The topological polar surface area (TPSA) is 162 Å². The Balaban J connectivity index is 1.73. The largest absolute Gasteiger partial charge is 0.495 e. The lowest BCUT2D eigenvalue weighted by Crippen LogP contribution is -2.63. The molecule has 2 amide bonds. The molecule has 2 fully saturated rings. The summed E-state index contributed by atoms with van der Waals surface area (Å²) < 4.78 is 34.0. The zero-order valence-electron chi connectivity index (χ0n) is 29.9. The third kappa shape index (κ3) is 8.86. The third-order valence-corrected chi connectivity index (χ3v) is 10.3.